The summed E-state index contributed by atoms with van der Waals surface area (Å²) in [6.45, 7) is 0.107. The molecule has 0 fully saturated rings. The number of halogens is 5. The molecule has 0 aliphatic carbocycles. The van der Waals surface area contributed by atoms with Gasteiger partial charge in [-0.25, -0.2) is 4.39 Å². The van der Waals surface area contributed by atoms with Gasteiger partial charge in [-0.05, 0) is 35.9 Å². The summed E-state index contributed by atoms with van der Waals surface area (Å²) < 4.78 is 51.2. The van der Waals surface area contributed by atoms with Gasteiger partial charge in [0.1, 0.15) is 0 Å². The third kappa shape index (κ3) is 3.78. The van der Waals surface area contributed by atoms with Crippen molar-refractivity contribution in [2.45, 2.75) is 12.7 Å². The van der Waals surface area contributed by atoms with E-state index < -0.39 is 23.3 Å². The number of aromatic hydroxyl groups is 1. The standard InChI is InChI=1S/C14H10ClF4NO/c15-11-3-2-9(6-10(11)14(17,18)19)20-7-8-1-4-13(21)12(16)5-8/h1-6,20-21H,7H2. The predicted molar refractivity (Wildman–Crippen MR) is 71.8 cm³/mol. The summed E-state index contributed by atoms with van der Waals surface area (Å²) in [5.74, 6) is -1.27. The number of phenolic OH excluding ortho intramolecular Hbond substituents is 1. The van der Waals surface area contributed by atoms with E-state index >= 15 is 0 Å². The molecule has 21 heavy (non-hydrogen) atoms. The normalized spacial score (nSPS) is 11.5. The SMILES string of the molecule is Oc1ccc(CNc2ccc(Cl)c(C(F)(F)F)c2)cc1F. The van der Waals surface area contributed by atoms with Gasteiger partial charge < -0.3 is 10.4 Å². The Morgan fingerprint density at radius 3 is 2.43 bits per heavy atom. The average molecular weight is 320 g/mol. The van der Waals surface area contributed by atoms with E-state index in [9.17, 15) is 17.6 Å². The van der Waals surface area contributed by atoms with Crippen LogP contribution in [-0.2, 0) is 12.7 Å². The van der Waals surface area contributed by atoms with Gasteiger partial charge in [0.05, 0.1) is 10.6 Å². The highest BCUT2D eigenvalue weighted by Gasteiger charge is 2.33. The van der Waals surface area contributed by atoms with Crippen LogP contribution in [0.15, 0.2) is 36.4 Å². The molecule has 7 heteroatoms. The van der Waals surface area contributed by atoms with Crippen molar-refractivity contribution in [2.24, 2.45) is 0 Å². The van der Waals surface area contributed by atoms with Gasteiger partial charge in [-0.2, -0.15) is 13.2 Å². The molecule has 0 aliphatic rings. The number of anilines is 1. The first-order valence-electron chi connectivity index (χ1n) is 5.85. The Morgan fingerprint density at radius 2 is 1.81 bits per heavy atom. The van der Waals surface area contributed by atoms with Gasteiger partial charge in [0.2, 0.25) is 0 Å². The lowest BCUT2D eigenvalue weighted by molar-refractivity contribution is -0.137. The summed E-state index contributed by atoms with van der Waals surface area (Å²) in [5.41, 5.74) is -0.250. The zero-order valence-corrected chi connectivity index (χ0v) is 11.3. The molecule has 2 nitrogen and oxygen atoms in total. The van der Waals surface area contributed by atoms with Gasteiger partial charge in [-0.15, -0.1) is 0 Å². The highest BCUT2D eigenvalue weighted by atomic mass is 35.5. The molecule has 112 valence electrons. The minimum Gasteiger partial charge on any atom is -0.505 e. The van der Waals surface area contributed by atoms with Crippen LogP contribution >= 0.6 is 11.6 Å². The fourth-order valence-corrected chi connectivity index (χ4v) is 1.94. The monoisotopic (exact) mass is 319 g/mol. The summed E-state index contributed by atoms with van der Waals surface area (Å²) >= 11 is 5.51. The van der Waals surface area contributed by atoms with Crippen LogP contribution in [0, 0.1) is 5.82 Å². The molecule has 0 amide bonds. The van der Waals surface area contributed by atoms with Crippen LogP contribution in [0.1, 0.15) is 11.1 Å². The zero-order chi connectivity index (χ0) is 15.6. The van der Waals surface area contributed by atoms with E-state index in [-0.39, 0.29) is 17.3 Å². The Balaban J connectivity index is 2.15. The Kier molecular flexibility index (Phi) is 4.27. The van der Waals surface area contributed by atoms with Crippen molar-refractivity contribution in [1.29, 1.82) is 0 Å². The van der Waals surface area contributed by atoms with Crippen LogP contribution in [0.2, 0.25) is 5.02 Å². The maximum atomic E-state index is 13.1. The minimum absolute atomic E-state index is 0.107. The molecule has 2 rings (SSSR count). The highest BCUT2D eigenvalue weighted by molar-refractivity contribution is 6.31. The van der Waals surface area contributed by atoms with Crippen molar-refractivity contribution < 1.29 is 22.7 Å². The predicted octanol–water partition coefficient (Wildman–Crippen LogP) is 4.82. The molecule has 0 saturated carbocycles. The molecular formula is C14H10ClF4NO. The molecule has 2 aromatic carbocycles. The summed E-state index contributed by atoms with van der Waals surface area (Å²) in [5, 5.41) is 11.4. The Hall–Kier alpha value is -1.95. The van der Waals surface area contributed by atoms with Gasteiger partial charge in [0.15, 0.2) is 11.6 Å². The highest BCUT2D eigenvalue weighted by Crippen LogP contribution is 2.36. The van der Waals surface area contributed by atoms with E-state index in [0.29, 0.717) is 5.56 Å². The molecule has 0 radical (unpaired) electrons. The Morgan fingerprint density at radius 1 is 1.10 bits per heavy atom. The van der Waals surface area contributed by atoms with Crippen LogP contribution in [0.25, 0.3) is 0 Å². The maximum Gasteiger partial charge on any atom is 0.417 e. The van der Waals surface area contributed by atoms with E-state index in [1.54, 1.807) is 0 Å². The maximum absolute atomic E-state index is 13.1. The van der Waals surface area contributed by atoms with E-state index in [2.05, 4.69) is 5.32 Å². The first-order chi connectivity index (χ1) is 9.77. The van der Waals surface area contributed by atoms with Crippen LogP contribution < -0.4 is 5.32 Å². The van der Waals surface area contributed by atoms with Crippen molar-refractivity contribution in [3.63, 3.8) is 0 Å². The Labute approximate surface area is 123 Å². The second-order valence-electron chi connectivity index (χ2n) is 4.33. The number of hydrogen-bond donors (Lipinski definition) is 2. The quantitative estimate of drug-likeness (QED) is 0.795. The number of alkyl halides is 3. The molecule has 0 unspecified atom stereocenters. The molecule has 0 bridgehead atoms. The molecule has 2 N–H and O–H groups in total. The Bertz CT molecular complexity index is 658. The largest absolute Gasteiger partial charge is 0.505 e. The lowest BCUT2D eigenvalue weighted by Crippen LogP contribution is -2.07. The average Bonchev–Trinajstić information content (AvgIpc) is 2.40. The minimum atomic E-state index is -4.54. The van der Waals surface area contributed by atoms with Gasteiger partial charge in [-0.1, -0.05) is 17.7 Å². The lowest BCUT2D eigenvalue weighted by Gasteiger charge is -2.12. The molecule has 0 aliphatic heterocycles. The van der Waals surface area contributed by atoms with E-state index in [0.717, 1.165) is 18.2 Å². The van der Waals surface area contributed by atoms with Crippen LogP contribution in [0.4, 0.5) is 23.2 Å². The third-order valence-corrected chi connectivity index (χ3v) is 3.11. The fraction of sp³-hybridized carbons (Fsp3) is 0.143. The van der Waals surface area contributed by atoms with Crippen molar-refractivity contribution >= 4 is 17.3 Å². The van der Waals surface area contributed by atoms with Crippen LogP contribution in [0.3, 0.4) is 0 Å². The molecule has 0 aromatic heterocycles. The van der Waals surface area contributed by atoms with Crippen molar-refractivity contribution in [2.75, 3.05) is 5.32 Å². The van der Waals surface area contributed by atoms with Gasteiger partial charge in [-0.3, -0.25) is 0 Å². The van der Waals surface area contributed by atoms with Crippen molar-refractivity contribution in [3.8, 4) is 5.75 Å². The summed E-state index contributed by atoms with van der Waals surface area (Å²) in [6, 6.07) is 7.17. The summed E-state index contributed by atoms with van der Waals surface area (Å²) in [4.78, 5) is 0. The van der Waals surface area contributed by atoms with Gasteiger partial charge in [0, 0.05) is 12.2 Å². The molecule has 2 aromatic rings. The van der Waals surface area contributed by atoms with Crippen molar-refractivity contribution in [3.05, 3.63) is 58.4 Å². The van der Waals surface area contributed by atoms with E-state index in [1.165, 1.54) is 18.2 Å². The molecule has 0 saturated heterocycles. The fourth-order valence-electron chi connectivity index (χ4n) is 1.72. The topological polar surface area (TPSA) is 32.3 Å². The molecule has 0 spiro atoms. The summed E-state index contributed by atoms with van der Waals surface area (Å²) in [7, 11) is 0. The summed E-state index contributed by atoms with van der Waals surface area (Å²) in [6.07, 6.45) is -4.54. The van der Waals surface area contributed by atoms with Crippen LogP contribution in [-0.4, -0.2) is 5.11 Å². The molecule has 0 atom stereocenters. The molecule has 0 heterocycles. The smallest absolute Gasteiger partial charge is 0.417 e. The number of nitrogens with one attached hydrogen (secondary N) is 1. The number of benzene rings is 2. The van der Waals surface area contributed by atoms with E-state index in [4.69, 9.17) is 16.7 Å². The zero-order valence-electron chi connectivity index (χ0n) is 10.5. The number of rotatable bonds is 3. The number of hydrogen-bond acceptors (Lipinski definition) is 2. The van der Waals surface area contributed by atoms with Crippen LogP contribution in [0.5, 0.6) is 5.75 Å². The third-order valence-electron chi connectivity index (χ3n) is 2.78. The van der Waals surface area contributed by atoms with E-state index in [1.807, 2.05) is 0 Å². The lowest BCUT2D eigenvalue weighted by atomic mass is 10.1. The van der Waals surface area contributed by atoms with Gasteiger partial charge >= 0.3 is 6.18 Å². The first-order valence-corrected chi connectivity index (χ1v) is 6.23. The van der Waals surface area contributed by atoms with Crippen molar-refractivity contribution in [1.82, 2.24) is 0 Å². The number of phenols is 1. The second kappa shape index (κ2) is 5.81. The van der Waals surface area contributed by atoms with Gasteiger partial charge in [0.25, 0.3) is 0 Å². The second-order valence-corrected chi connectivity index (χ2v) is 4.74. The first kappa shape index (κ1) is 15.4. The molecular weight excluding hydrogens is 310 g/mol.